The smallest absolute Gasteiger partial charge is 0.306 e. The Labute approximate surface area is 336 Å². The highest BCUT2D eigenvalue weighted by Crippen LogP contribution is 2.17. The van der Waals surface area contributed by atoms with Crippen LogP contribution in [0.2, 0.25) is 0 Å². The zero-order valence-electron chi connectivity index (χ0n) is 36.8. The Morgan fingerprint density at radius 1 is 0.352 bits per heavy atom. The van der Waals surface area contributed by atoms with E-state index in [4.69, 9.17) is 14.2 Å². The highest BCUT2D eigenvalue weighted by atomic mass is 16.6. The number of unbranched alkanes of at least 4 members (excludes halogenated alkanes) is 27. The monoisotopic (exact) mass is 765 g/mol. The van der Waals surface area contributed by atoms with Gasteiger partial charge in [0.1, 0.15) is 13.2 Å². The summed E-state index contributed by atoms with van der Waals surface area (Å²) in [5.41, 5.74) is 0. The first kappa shape index (κ1) is 52.4. The van der Waals surface area contributed by atoms with Gasteiger partial charge >= 0.3 is 17.9 Å². The largest absolute Gasteiger partial charge is 0.462 e. The van der Waals surface area contributed by atoms with Gasteiger partial charge in [0.05, 0.1) is 0 Å². The molecule has 0 fully saturated rings. The SMILES string of the molecule is CCCCCCCCCCCCCC(=O)OC[C@@H](COC(=O)CCCCCCCCC(C)C)OC(=O)CCCCCCCCCCCCCCCC(C)C. The van der Waals surface area contributed by atoms with Crippen molar-refractivity contribution in [2.75, 3.05) is 13.2 Å². The minimum Gasteiger partial charge on any atom is -0.462 e. The fraction of sp³-hybridized carbons (Fsp3) is 0.938. The van der Waals surface area contributed by atoms with Crippen molar-refractivity contribution in [2.45, 2.75) is 265 Å². The topological polar surface area (TPSA) is 78.9 Å². The maximum absolute atomic E-state index is 12.7. The van der Waals surface area contributed by atoms with Crippen LogP contribution in [0.4, 0.5) is 0 Å². The molecule has 0 amide bonds. The van der Waals surface area contributed by atoms with Crippen LogP contribution in [0.5, 0.6) is 0 Å². The van der Waals surface area contributed by atoms with Gasteiger partial charge in [-0.05, 0) is 31.1 Å². The summed E-state index contributed by atoms with van der Waals surface area (Å²) in [5, 5.41) is 0. The van der Waals surface area contributed by atoms with Crippen LogP contribution in [-0.2, 0) is 28.6 Å². The van der Waals surface area contributed by atoms with Crippen LogP contribution < -0.4 is 0 Å². The fourth-order valence-corrected chi connectivity index (χ4v) is 7.11. The third kappa shape index (κ3) is 41.6. The lowest BCUT2D eigenvalue weighted by atomic mass is 10.0. The molecule has 0 heterocycles. The van der Waals surface area contributed by atoms with Gasteiger partial charge in [0.25, 0.3) is 0 Å². The molecule has 6 nitrogen and oxygen atoms in total. The number of ether oxygens (including phenoxy) is 3. The first-order chi connectivity index (χ1) is 26.2. The molecule has 0 aromatic heterocycles. The lowest BCUT2D eigenvalue weighted by Gasteiger charge is -2.18. The average Bonchev–Trinajstić information content (AvgIpc) is 3.14. The molecule has 0 bridgehead atoms. The quantitative estimate of drug-likeness (QED) is 0.0350. The molecular formula is C48H92O6. The van der Waals surface area contributed by atoms with Gasteiger partial charge in [0, 0.05) is 19.3 Å². The van der Waals surface area contributed by atoms with E-state index >= 15 is 0 Å². The van der Waals surface area contributed by atoms with E-state index in [1.807, 2.05) is 0 Å². The fourth-order valence-electron chi connectivity index (χ4n) is 7.11. The molecule has 0 aromatic carbocycles. The Morgan fingerprint density at radius 2 is 0.611 bits per heavy atom. The molecule has 0 spiro atoms. The molecular weight excluding hydrogens is 673 g/mol. The average molecular weight is 765 g/mol. The zero-order valence-corrected chi connectivity index (χ0v) is 36.8. The summed E-state index contributed by atoms with van der Waals surface area (Å²) < 4.78 is 16.7. The van der Waals surface area contributed by atoms with E-state index in [0.29, 0.717) is 19.3 Å². The van der Waals surface area contributed by atoms with Crippen molar-refractivity contribution in [3.8, 4) is 0 Å². The molecule has 0 unspecified atom stereocenters. The summed E-state index contributed by atoms with van der Waals surface area (Å²) in [4.78, 5) is 37.7. The molecule has 0 rings (SSSR count). The number of carbonyl (C=O) groups is 3. The number of rotatable bonds is 42. The third-order valence-corrected chi connectivity index (χ3v) is 10.7. The second kappa shape index (κ2) is 41.1. The van der Waals surface area contributed by atoms with E-state index in [9.17, 15) is 14.4 Å². The maximum Gasteiger partial charge on any atom is 0.306 e. The van der Waals surface area contributed by atoms with Crippen LogP contribution in [0.25, 0.3) is 0 Å². The number of esters is 3. The van der Waals surface area contributed by atoms with Crippen LogP contribution in [0, 0.1) is 11.8 Å². The summed E-state index contributed by atoms with van der Waals surface area (Å²) >= 11 is 0. The summed E-state index contributed by atoms with van der Waals surface area (Å²) in [5.74, 6) is 0.742. The van der Waals surface area contributed by atoms with Crippen molar-refractivity contribution in [3.05, 3.63) is 0 Å². The van der Waals surface area contributed by atoms with Crippen LogP contribution in [0.1, 0.15) is 259 Å². The molecule has 54 heavy (non-hydrogen) atoms. The predicted octanol–water partition coefficient (Wildman–Crippen LogP) is 15.0. The molecule has 0 saturated carbocycles. The van der Waals surface area contributed by atoms with Gasteiger partial charge in [-0.25, -0.2) is 0 Å². The third-order valence-electron chi connectivity index (χ3n) is 10.7. The number of hydrogen-bond donors (Lipinski definition) is 0. The van der Waals surface area contributed by atoms with Crippen molar-refractivity contribution in [1.29, 1.82) is 0 Å². The molecule has 0 aliphatic heterocycles. The summed E-state index contributed by atoms with van der Waals surface area (Å²) in [6.07, 6.45) is 39.6. The highest BCUT2D eigenvalue weighted by Gasteiger charge is 2.19. The molecule has 320 valence electrons. The summed E-state index contributed by atoms with van der Waals surface area (Å²) in [6.45, 7) is 11.3. The van der Waals surface area contributed by atoms with Gasteiger partial charge in [0.15, 0.2) is 6.10 Å². The maximum atomic E-state index is 12.7. The second-order valence-electron chi connectivity index (χ2n) is 17.3. The Kier molecular flexibility index (Phi) is 39.8. The second-order valence-corrected chi connectivity index (χ2v) is 17.3. The summed E-state index contributed by atoms with van der Waals surface area (Å²) in [7, 11) is 0. The van der Waals surface area contributed by atoms with Crippen molar-refractivity contribution in [1.82, 2.24) is 0 Å². The minimum absolute atomic E-state index is 0.0651. The normalized spacial score (nSPS) is 12.1. The van der Waals surface area contributed by atoms with Gasteiger partial charge in [0.2, 0.25) is 0 Å². The standard InChI is InChI=1S/C48H92O6/c1-6-7-8-9-10-11-15-19-22-28-33-38-46(49)52-41-45(42-53-47(50)39-34-29-25-24-27-32-37-44(4)5)54-48(51)40-35-30-23-20-17-14-12-13-16-18-21-26-31-36-43(2)3/h43-45H,6-42H2,1-5H3/t45-/m0/s1. The molecule has 0 aliphatic rings. The minimum atomic E-state index is -0.760. The molecule has 0 aromatic rings. The van der Waals surface area contributed by atoms with Gasteiger partial charge in [-0.1, -0.05) is 221 Å². The van der Waals surface area contributed by atoms with E-state index in [1.165, 1.54) is 148 Å². The van der Waals surface area contributed by atoms with Crippen LogP contribution in [-0.4, -0.2) is 37.2 Å². The summed E-state index contributed by atoms with van der Waals surface area (Å²) in [6, 6.07) is 0. The molecule has 1 atom stereocenters. The zero-order chi connectivity index (χ0) is 39.7. The first-order valence-electron chi connectivity index (χ1n) is 23.7. The van der Waals surface area contributed by atoms with Crippen molar-refractivity contribution < 1.29 is 28.6 Å². The van der Waals surface area contributed by atoms with Gasteiger partial charge in [-0.15, -0.1) is 0 Å². The van der Waals surface area contributed by atoms with Crippen molar-refractivity contribution in [2.24, 2.45) is 11.8 Å². The van der Waals surface area contributed by atoms with Crippen LogP contribution >= 0.6 is 0 Å². The molecule has 6 heteroatoms. The highest BCUT2D eigenvalue weighted by molar-refractivity contribution is 5.71. The van der Waals surface area contributed by atoms with Crippen molar-refractivity contribution >= 4 is 17.9 Å². The Balaban J connectivity index is 4.29. The van der Waals surface area contributed by atoms with Gasteiger partial charge in [-0.2, -0.15) is 0 Å². The predicted molar refractivity (Wildman–Crippen MR) is 229 cm³/mol. The Morgan fingerprint density at radius 3 is 0.907 bits per heavy atom. The number of hydrogen-bond acceptors (Lipinski definition) is 6. The molecule has 0 N–H and O–H groups in total. The lowest BCUT2D eigenvalue weighted by Crippen LogP contribution is -2.30. The number of carbonyl (C=O) groups excluding carboxylic acids is 3. The van der Waals surface area contributed by atoms with E-state index in [-0.39, 0.29) is 31.1 Å². The molecule has 0 aliphatic carbocycles. The van der Waals surface area contributed by atoms with E-state index < -0.39 is 6.10 Å². The van der Waals surface area contributed by atoms with Gasteiger partial charge < -0.3 is 14.2 Å². The Hall–Kier alpha value is -1.59. The van der Waals surface area contributed by atoms with Crippen LogP contribution in [0.15, 0.2) is 0 Å². The van der Waals surface area contributed by atoms with E-state index in [1.54, 1.807) is 0 Å². The van der Waals surface area contributed by atoms with Crippen LogP contribution in [0.3, 0.4) is 0 Å². The molecule has 0 radical (unpaired) electrons. The van der Waals surface area contributed by atoms with Gasteiger partial charge in [-0.3, -0.25) is 14.4 Å². The first-order valence-corrected chi connectivity index (χ1v) is 23.7. The lowest BCUT2D eigenvalue weighted by molar-refractivity contribution is -0.167. The van der Waals surface area contributed by atoms with E-state index in [0.717, 1.165) is 69.6 Å². The molecule has 0 saturated heterocycles. The van der Waals surface area contributed by atoms with E-state index in [2.05, 4.69) is 34.6 Å². The Bertz CT molecular complexity index is 824. The van der Waals surface area contributed by atoms with Crippen molar-refractivity contribution in [3.63, 3.8) is 0 Å².